The van der Waals surface area contributed by atoms with Crippen LogP contribution in [0.3, 0.4) is 0 Å². The van der Waals surface area contributed by atoms with E-state index in [9.17, 15) is 14.0 Å². The molecule has 0 atom stereocenters. The van der Waals surface area contributed by atoms with Crippen molar-refractivity contribution in [2.45, 2.75) is 26.7 Å². The van der Waals surface area contributed by atoms with Crippen LogP contribution in [0.25, 0.3) is 6.08 Å². The van der Waals surface area contributed by atoms with Crippen molar-refractivity contribution >= 4 is 34.7 Å². The molecule has 0 radical (unpaired) electrons. The highest BCUT2D eigenvalue weighted by molar-refractivity contribution is 8.18. The highest BCUT2D eigenvalue weighted by Crippen LogP contribution is 2.34. The fourth-order valence-electron chi connectivity index (χ4n) is 3.76. The van der Waals surface area contributed by atoms with Gasteiger partial charge in [0.25, 0.3) is 11.1 Å². The van der Waals surface area contributed by atoms with Gasteiger partial charge in [-0.3, -0.25) is 14.5 Å². The van der Waals surface area contributed by atoms with E-state index in [2.05, 4.69) is 0 Å². The number of carbonyl (C=O) groups excluding carboxylic acids is 2. The van der Waals surface area contributed by atoms with E-state index in [0.29, 0.717) is 21.9 Å². The Balaban J connectivity index is 1.44. The summed E-state index contributed by atoms with van der Waals surface area (Å²) < 4.78 is 20.3. The van der Waals surface area contributed by atoms with Gasteiger partial charge in [0.2, 0.25) is 0 Å². The van der Waals surface area contributed by atoms with Gasteiger partial charge in [0.1, 0.15) is 18.2 Å². The lowest BCUT2D eigenvalue weighted by atomic mass is 10.1. The average molecular weight is 441 g/mol. The first kappa shape index (κ1) is 21.4. The molecule has 31 heavy (non-hydrogen) atoms. The molecule has 0 unspecified atom stereocenters. The Labute approximate surface area is 185 Å². The first-order valence-corrected chi connectivity index (χ1v) is 11.2. The van der Waals surface area contributed by atoms with Gasteiger partial charge in [0, 0.05) is 13.1 Å². The molecular weight excluding hydrogens is 415 g/mol. The minimum Gasteiger partial charge on any atom is -0.492 e. The number of ether oxygens (including phenoxy) is 1. The van der Waals surface area contributed by atoms with Gasteiger partial charge >= 0.3 is 0 Å². The fraction of sp³-hybridized carbons (Fsp3) is 0.333. The molecule has 2 fully saturated rings. The molecule has 0 saturated carbocycles. The van der Waals surface area contributed by atoms with Crippen LogP contribution in [0.4, 0.5) is 14.9 Å². The van der Waals surface area contributed by atoms with E-state index in [1.807, 2.05) is 49.1 Å². The van der Waals surface area contributed by atoms with Gasteiger partial charge in [-0.05, 0) is 79.9 Å². The molecule has 2 heterocycles. The number of benzene rings is 2. The number of carbonyl (C=O) groups is 2. The van der Waals surface area contributed by atoms with E-state index < -0.39 is 0 Å². The van der Waals surface area contributed by atoms with E-state index in [4.69, 9.17) is 4.74 Å². The van der Waals surface area contributed by atoms with Crippen LogP contribution in [0, 0.1) is 19.7 Å². The van der Waals surface area contributed by atoms with Gasteiger partial charge < -0.3 is 9.64 Å². The molecule has 2 aliphatic rings. The number of halogens is 1. The summed E-state index contributed by atoms with van der Waals surface area (Å²) in [6.45, 7) is 5.98. The Bertz CT molecular complexity index is 1030. The smallest absolute Gasteiger partial charge is 0.293 e. The zero-order chi connectivity index (χ0) is 22.0. The summed E-state index contributed by atoms with van der Waals surface area (Å²) in [6, 6.07) is 10.9. The molecule has 0 aliphatic carbocycles. The molecule has 2 aromatic carbocycles. The fourth-order valence-corrected chi connectivity index (χ4v) is 4.62. The highest BCUT2D eigenvalue weighted by atomic mass is 32.2. The topological polar surface area (TPSA) is 49.9 Å². The summed E-state index contributed by atoms with van der Waals surface area (Å²) in [6.07, 6.45) is 3.75. The van der Waals surface area contributed by atoms with Crippen molar-refractivity contribution in [2.24, 2.45) is 0 Å². The Morgan fingerprint density at radius 3 is 2.52 bits per heavy atom. The molecule has 162 valence electrons. The lowest BCUT2D eigenvalue weighted by molar-refractivity contribution is -0.123. The van der Waals surface area contributed by atoms with Crippen molar-refractivity contribution < 1.29 is 18.7 Å². The first-order chi connectivity index (χ1) is 14.9. The zero-order valence-corrected chi connectivity index (χ0v) is 18.5. The van der Waals surface area contributed by atoms with Crippen molar-refractivity contribution in [3.8, 4) is 5.75 Å². The second kappa shape index (κ2) is 9.14. The number of imide groups is 1. The number of nitrogens with zero attached hydrogens (tertiary/aromatic N) is 2. The van der Waals surface area contributed by atoms with Crippen molar-refractivity contribution in [1.29, 1.82) is 0 Å². The van der Waals surface area contributed by atoms with E-state index in [1.165, 1.54) is 11.0 Å². The van der Waals surface area contributed by atoms with Gasteiger partial charge in [0.05, 0.1) is 17.1 Å². The number of anilines is 1. The standard InChI is InChI=1S/C24H25FN2O3S/c1-16-5-7-19(8-6-16)30-12-11-27-23(28)22(31-24(27)29)15-18-14-20(25)21(13-17(18)2)26-9-3-4-10-26/h5-8,13-15H,3-4,9-12H2,1-2H3. The Kier molecular flexibility index (Phi) is 6.32. The maximum Gasteiger partial charge on any atom is 0.293 e. The number of rotatable bonds is 6. The van der Waals surface area contributed by atoms with Crippen LogP contribution in [-0.2, 0) is 4.79 Å². The zero-order valence-electron chi connectivity index (χ0n) is 17.7. The van der Waals surface area contributed by atoms with E-state index in [1.54, 1.807) is 6.08 Å². The van der Waals surface area contributed by atoms with E-state index in [0.717, 1.165) is 48.8 Å². The van der Waals surface area contributed by atoms with Crippen molar-refractivity contribution in [3.05, 3.63) is 63.8 Å². The predicted octanol–water partition coefficient (Wildman–Crippen LogP) is 5.16. The Morgan fingerprint density at radius 1 is 1.10 bits per heavy atom. The third kappa shape index (κ3) is 4.77. The van der Waals surface area contributed by atoms with Gasteiger partial charge in [-0.1, -0.05) is 17.7 Å². The minimum atomic E-state index is -0.370. The van der Waals surface area contributed by atoms with Crippen LogP contribution >= 0.6 is 11.8 Å². The summed E-state index contributed by atoms with van der Waals surface area (Å²) in [7, 11) is 0. The molecular formula is C24H25FN2O3S. The van der Waals surface area contributed by atoms with Crippen LogP contribution in [-0.4, -0.2) is 42.3 Å². The van der Waals surface area contributed by atoms with Gasteiger partial charge in [-0.2, -0.15) is 0 Å². The summed E-state index contributed by atoms with van der Waals surface area (Å²) in [5, 5.41) is -0.337. The normalized spacial score (nSPS) is 17.8. The molecule has 2 saturated heterocycles. The molecule has 2 aliphatic heterocycles. The predicted molar refractivity (Wildman–Crippen MR) is 122 cm³/mol. The largest absolute Gasteiger partial charge is 0.492 e. The van der Waals surface area contributed by atoms with Crippen LogP contribution in [0.15, 0.2) is 41.3 Å². The van der Waals surface area contributed by atoms with Gasteiger partial charge in [-0.15, -0.1) is 0 Å². The summed E-state index contributed by atoms with van der Waals surface area (Å²) in [5.41, 5.74) is 3.22. The number of hydrogen-bond acceptors (Lipinski definition) is 5. The van der Waals surface area contributed by atoms with Crippen LogP contribution in [0.5, 0.6) is 5.75 Å². The Morgan fingerprint density at radius 2 is 1.81 bits per heavy atom. The quantitative estimate of drug-likeness (QED) is 0.581. The van der Waals surface area contributed by atoms with Crippen molar-refractivity contribution in [3.63, 3.8) is 0 Å². The first-order valence-electron chi connectivity index (χ1n) is 10.4. The summed E-state index contributed by atoms with van der Waals surface area (Å²) in [4.78, 5) is 28.6. The molecule has 2 amide bonds. The van der Waals surface area contributed by atoms with Gasteiger partial charge in [0.15, 0.2) is 0 Å². The summed E-state index contributed by atoms with van der Waals surface area (Å²) in [5.74, 6) is 0.0210. The lowest BCUT2D eigenvalue weighted by Crippen LogP contribution is -2.32. The Hall–Kier alpha value is -2.80. The average Bonchev–Trinajstić information content (AvgIpc) is 3.36. The van der Waals surface area contributed by atoms with Crippen LogP contribution < -0.4 is 9.64 Å². The number of thioether (sulfide) groups is 1. The molecule has 4 rings (SSSR count). The maximum absolute atomic E-state index is 14.7. The van der Waals surface area contributed by atoms with E-state index in [-0.39, 0.29) is 30.1 Å². The molecule has 0 N–H and O–H groups in total. The number of hydrogen-bond donors (Lipinski definition) is 0. The second-order valence-electron chi connectivity index (χ2n) is 7.85. The molecule has 0 spiro atoms. The van der Waals surface area contributed by atoms with Gasteiger partial charge in [-0.25, -0.2) is 4.39 Å². The van der Waals surface area contributed by atoms with Crippen LogP contribution in [0.1, 0.15) is 29.5 Å². The maximum atomic E-state index is 14.7. The van der Waals surface area contributed by atoms with E-state index >= 15 is 0 Å². The molecule has 0 aromatic heterocycles. The highest BCUT2D eigenvalue weighted by Gasteiger charge is 2.35. The molecule has 0 bridgehead atoms. The van der Waals surface area contributed by atoms with Crippen molar-refractivity contribution in [2.75, 3.05) is 31.1 Å². The SMILES string of the molecule is Cc1ccc(OCCN2C(=O)SC(=Cc3cc(F)c(N4CCCC4)cc3C)C2=O)cc1. The number of amides is 2. The third-order valence-electron chi connectivity index (χ3n) is 5.55. The monoisotopic (exact) mass is 440 g/mol. The van der Waals surface area contributed by atoms with Crippen LogP contribution in [0.2, 0.25) is 0 Å². The summed E-state index contributed by atoms with van der Waals surface area (Å²) >= 11 is 0.879. The molecule has 7 heteroatoms. The lowest BCUT2D eigenvalue weighted by Gasteiger charge is -2.19. The molecule has 5 nitrogen and oxygen atoms in total. The second-order valence-corrected chi connectivity index (χ2v) is 8.84. The van der Waals surface area contributed by atoms with Crippen molar-refractivity contribution in [1.82, 2.24) is 4.90 Å². The minimum absolute atomic E-state index is 0.164. The third-order valence-corrected chi connectivity index (χ3v) is 6.45. The molecule has 2 aromatic rings. The number of aryl methyl sites for hydroxylation is 2.